The van der Waals surface area contributed by atoms with Crippen molar-refractivity contribution >= 4 is 10.8 Å². The Bertz CT molecular complexity index is 802. The van der Waals surface area contributed by atoms with Gasteiger partial charge in [-0.2, -0.15) is 5.10 Å². The smallest absolute Gasteiger partial charge is 0.163 e. The van der Waals surface area contributed by atoms with Crippen molar-refractivity contribution in [3.8, 4) is 11.5 Å². The Morgan fingerprint density at radius 1 is 1.04 bits per heavy atom. The average molecular weight is 327 g/mol. The molecule has 0 aliphatic rings. The molecule has 3 rings (SSSR count). The van der Waals surface area contributed by atoms with E-state index in [2.05, 4.69) is 10.1 Å². The molecule has 0 fully saturated rings. The number of aromatic nitrogens is 3. The lowest BCUT2D eigenvalue weighted by Crippen LogP contribution is -2.02. The Kier molecular flexibility index (Phi) is 4.83. The van der Waals surface area contributed by atoms with Crippen molar-refractivity contribution in [2.24, 2.45) is 7.05 Å². The lowest BCUT2D eigenvalue weighted by atomic mass is 10.2. The first-order valence-electron chi connectivity index (χ1n) is 7.20. The molecule has 0 saturated carbocycles. The summed E-state index contributed by atoms with van der Waals surface area (Å²) < 4.78 is 19.6. The van der Waals surface area contributed by atoms with Crippen molar-refractivity contribution < 1.29 is 8.95 Å². The lowest BCUT2D eigenvalue weighted by Gasteiger charge is -2.07. The van der Waals surface area contributed by atoms with Gasteiger partial charge in [-0.15, -0.1) is 0 Å². The number of hydrogen-bond acceptors (Lipinski definition) is 4. The van der Waals surface area contributed by atoms with Crippen LogP contribution in [0.4, 0.5) is 0 Å². The van der Waals surface area contributed by atoms with Gasteiger partial charge in [0.15, 0.2) is 5.82 Å². The minimum atomic E-state index is -1.06. The van der Waals surface area contributed by atoms with Gasteiger partial charge in [0.2, 0.25) is 0 Å². The predicted octanol–water partition coefficient (Wildman–Crippen LogP) is 3.06. The second kappa shape index (κ2) is 7.19. The van der Waals surface area contributed by atoms with E-state index in [4.69, 9.17) is 4.74 Å². The Balaban J connectivity index is 1.64. The molecule has 0 saturated heterocycles. The number of aryl methyl sites for hydroxylation is 1. The van der Waals surface area contributed by atoms with Gasteiger partial charge < -0.3 is 4.74 Å². The molecule has 23 heavy (non-hydrogen) atoms. The van der Waals surface area contributed by atoms with Gasteiger partial charge in [0.25, 0.3) is 0 Å². The SMILES string of the molecule is Cn1cnc(CS(=O)Cc2cccc(Oc3ccccc3)c2)n1. The maximum absolute atomic E-state index is 12.2. The van der Waals surface area contributed by atoms with E-state index in [1.165, 1.54) is 0 Å². The van der Waals surface area contributed by atoms with Crippen LogP contribution < -0.4 is 4.74 Å². The Labute approximate surface area is 137 Å². The van der Waals surface area contributed by atoms with Gasteiger partial charge in [-0.1, -0.05) is 30.3 Å². The number of rotatable bonds is 6. The maximum atomic E-state index is 12.2. The third-order valence-electron chi connectivity index (χ3n) is 3.14. The standard InChI is InChI=1S/C17H17N3O2S/c1-20-13-18-17(19-20)12-23(21)11-14-6-5-9-16(10-14)22-15-7-3-2-4-8-15/h2-10,13H,11-12H2,1H3. The third kappa shape index (κ3) is 4.50. The van der Waals surface area contributed by atoms with E-state index in [1.54, 1.807) is 18.1 Å². The van der Waals surface area contributed by atoms with Crippen molar-refractivity contribution in [3.63, 3.8) is 0 Å². The number of benzene rings is 2. The van der Waals surface area contributed by atoms with E-state index in [0.717, 1.165) is 17.1 Å². The highest BCUT2D eigenvalue weighted by Gasteiger charge is 2.08. The van der Waals surface area contributed by atoms with Crippen LogP contribution in [0, 0.1) is 0 Å². The second-order valence-corrected chi connectivity index (χ2v) is 6.58. The van der Waals surface area contributed by atoms with Crippen molar-refractivity contribution in [1.29, 1.82) is 0 Å². The van der Waals surface area contributed by atoms with Gasteiger partial charge in [-0.25, -0.2) is 4.98 Å². The molecule has 5 nitrogen and oxygen atoms in total. The van der Waals surface area contributed by atoms with Crippen molar-refractivity contribution in [2.45, 2.75) is 11.5 Å². The first-order chi connectivity index (χ1) is 11.2. The number of ether oxygens (including phenoxy) is 1. The van der Waals surface area contributed by atoms with Crippen LogP contribution in [0.3, 0.4) is 0 Å². The van der Waals surface area contributed by atoms with Crippen molar-refractivity contribution in [3.05, 3.63) is 72.3 Å². The molecule has 6 heteroatoms. The summed E-state index contributed by atoms with van der Waals surface area (Å²) in [5.41, 5.74) is 0.965. The maximum Gasteiger partial charge on any atom is 0.163 e. The zero-order valence-electron chi connectivity index (χ0n) is 12.8. The fourth-order valence-corrected chi connectivity index (χ4v) is 3.23. The molecule has 2 aromatic carbocycles. The fraction of sp³-hybridized carbons (Fsp3) is 0.176. The molecule has 1 heterocycles. The van der Waals surface area contributed by atoms with E-state index < -0.39 is 10.8 Å². The molecule has 0 amide bonds. The van der Waals surface area contributed by atoms with Crippen LogP contribution in [-0.2, 0) is 29.4 Å². The third-order valence-corrected chi connectivity index (χ3v) is 4.38. The van der Waals surface area contributed by atoms with E-state index >= 15 is 0 Å². The lowest BCUT2D eigenvalue weighted by molar-refractivity contribution is 0.482. The highest BCUT2D eigenvalue weighted by molar-refractivity contribution is 7.83. The topological polar surface area (TPSA) is 57.0 Å². The van der Waals surface area contributed by atoms with E-state index in [1.807, 2.05) is 54.6 Å². The zero-order chi connectivity index (χ0) is 16.1. The van der Waals surface area contributed by atoms with Crippen molar-refractivity contribution in [2.75, 3.05) is 0 Å². The van der Waals surface area contributed by atoms with Gasteiger partial charge in [0, 0.05) is 23.6 Å². The minimum absolute atomic E-state index is 0.352. The Hall–Kier alpha value is -2.47. The molecule has 118 valence electrons. The summed E-state index contributed by atoms with van der Waals surface area (Å²) in [6, 6.07) is 17.2. The van der Waals surface area contributed by atoms with E-state index in [0.29, 0.717) is 17.3 Å². The van der Waals surface area contributed by atoms with Crippen LogP contribution >= 0.6 is 0 Å². The van der Waals surface area contributed by atoms with Crippen LogP contribution in [0.1, 0.15) is 11.4 Å². The summed E-state index contributed by atoms with van der Waals surface area (Å²) in [5, 5.41) is 4.15. The van der Waals surface area contributed by atoms with Gasteiger partial charge in [-0.05, 0) is 29.8 Å². The van der Waals surface area contributed by atoms with Crippen LogP contribution in [0.2, 0.25) is 0 Å². The molecule has 0 spiro atoms. The van der Waals surface area contributed by atoms with Crippen LogP contribution in [0.5, 0.6) is 11.5 Å². The number of para-hydroxylation sites is 1. The summed E-state index contributed by atoms with van der Waals surface area (Å²) in [6.07, 6.45) is 1.61. The van der Waals surface area contributed by atoms with Gasteiger partial charge in [0.1, 0.15) is 17.8 Å². The highest BCUT2D eigenvalue weighted by Crippen LogP contribution is 2.22. The monoisotopic (exact) mass is 327 g/mol. The summed E-state index contributed by atoms with van der Waals surface area (Å²) >= 11 is 0. The fourth-order valence-electron chi connectivity index (χ4n) is 2.15. The van der Waals surface area contributed by atoms with Crippen molar-refractivity contribution in [1.82, 2.24) is 14.8 Å². The summed E-state index contributed by atoms with van der Waals surface area (Å²) in [6.45, 7) is 0. The quantitative estimate of drug-likeness (QED) is 0.698. The molecule has 1 unspecified atom stereocenters. The number of nitrogens with zero attached hydrogens (tertiary/aromatic N) is 3. The predicted molar refractivity (Wildman–Crippen MR) is 89.5 cm³/mol. The Morgan fingerprint density at radius 3 is 2.57 bits per heavy atom. The molecule has 0 bridgehead atoms. The van der Waals surface area contributed by atoms with Crippen LogP contribution in [0.15, 0.2) is 60.9 Å². The molecule has 0 radical (unpaired) electrons. The molecule has 1 atom stereocenters. The first-order valence-corrected chi connectivity index (χ1v) is 8.69. The molecule has 1 aromatic heterocycles. The second-order valence-electron chi connectivity index (χ2n) is 5.13. The summed E-state index contributed by atoms with van der Waals surface area (Å²) in [4.78, 5) is 4.10. The molecular weight excluding hydrogens is 310 g/mol. The number of hydrogen-bond donors (Lipinski definition) is 0. The zero-order valence-corrected chi connectivity index (χ0v) is 13.6. The summed E-state index contributed by atoms with van der Waals surface area (Å²) in [7, 11) is 0.738. The Morgan fingerprint density at radius 2 is 1.83 bits per heavy atom. The van der Waals surface area contributed by atoms with Gasteiger partial charge >= 0.3 is 0 Å². The van der Waals surface area contributed by atoms with Crippen LogP contribution in [0.25, 0.3) is 0 Å². The first kappa shape index (κ1) is 15.4. The van der Waals surface area contributed by atoms with Crippen LogP contribution in [-0.4, -0.2) is 19.0 Å². The molecule has 3 aromatic rings. The molecule has 0 N–H and O–H groups in total. The van der Waals surface area contributed by atoms with Gasteiger partial charge in [-0.3, -0.25) is 8.89 Å². The largest absolute Gasteiger partial charge is 0.457 e. The molecule has 0 aliphatic carbocycles. The van der Waals surface area contributed by atoms with E-state index in [9.17, 15) is 4.21 Å². The average Bonchev–Trinajstić information content (AvgIpc) is 2.93. The van der Waals surface area contributed by atoms with Gasteiger partial charge in [0.05, 0.1) is 5.75 Å². The minimum Gasteiger partial charge on any atom is -0.457 e. The highest BCUT2D eigenvalue weighted by atomic mass is 32.2. The van der Waals surface area contributed by atoms with E-state index in [-0.39, 0.29) is 0 Å². The molecular formula is C17H17N3O2S. The summed E-state index contributed by atoms with van der Waals surface area (Å²) in [5.74, 6) is 2.92. The molecule has 0 aliphatic heterocycles. The normalized spacial score (nSPS) is 12.0.